The van der Waals surface area contributed by atoms with Gasteiger partial charge in [-0.05, 0) is 18.4 Å². The molecular weight excluding hydrogens is 204 g/mol. The molecule has 4 heteroatoms. The molecular formula is C12H22N2O2. The Balaban J connectivity index is 2.54. The number of rotatable bonds is 5. The van der Waals surface area contributed by atoms with Gasteiger partial charge in [0, 0.05) is 25.8 Å². The number of carbonyl (C=O) groups is 1. The molecule has 0 aromatic heterocycles. The Kier molecular flexibility index (Phi) is 4.96. The Morgan fingerprint density at radius 1 is 1.50 bits per heavy atom. The van der Waals surface area contributed by atoms with E-state index in [1.54, 1.807) is 7.11 Å². The summed E-state index contributed by atoms with van der Waals surface area (Å²) in [5, 5.41) is 6.15. The van der Waals surface area contributed by atoms with Crippen LogP contribution in [0.15, 0.2) is 11.1 Å². The second-order valence-electron chi connectivity index (χ2n) is 4.61. The number of amides is 1. The minimum atomic E-state index is 0.0345. The normalized spacial score (nSPS) is 16.9. The molecule has 1 atom stereocenters. The molecule has 0 bridgehead atoms. The smallest absolute Gasteiger partial charge is 0.247 e. The summed E-state index contributed by atoms with van der Waals surface area (Å²) in [5.74, 6) is 0.411. The third-order valence-electron chi connectivity index (χ3n) is 3.02. The molecule has 92 valence electrons. The van der Waals surface area contributed by atoms with Crippen molar-refractivity contribution in [3.8, 4) is 0 Å². The number of methoxy groups -OCH3 is 1. The summed E-state index contributed by atoms with van der Waals surface area (Å²) in [6.07, 6.45) is 0. The molecule has 1 aliphatic heterocycles. The lowest BCUT2D eigenvalue weighted by atomic mass is 10.0. The van der Waals surface area contributed by atoms with Crippen LogP contribution in [0.4, 0.5) is 0 Å². The topological polar surface area (TPSA) is 50.4 Å². The second kappa shape index (κ2) is 6.01. The van der Waals surface area contributed by atoms with Crippen LogP contribution in [0, 0.1) is 5.92 Å². The Labute approximate surface area is 97.4 Å². The summed E-state index contributed by atoms with van der Waals surface area (Å²) in [6.45, 7) is 8.29. The van der Waals surface area contributed by atoms with Crippen molar-refractivity contribution < 1.29 is 9.53 Å². The minimum absolute atomic E-state index is 0.0345. The highest BCUT2D eigenvalue weighted by Gasteiger charge is 2.20. The summed E-state index contributed by atoms with van der Waals surface area (Å²) >= 11 is 0. The van der Waals surface area contributed by atoms with Gasteiger partial charge < -0.3 is 15.4 Å². The fourth-order valence-corrected chi connectivity index (χ4v) is 1.53. The zero-order valence-electron chi connectivity index (χ0n) is 10.6. The summed E-state index contributed by atoms with van der Waals surface area (Å²) in [6, 6.07) is 0.0843. The standard InChI is InChI=1S/C12H22N2O2/c1-8(2)11(7-16-4)14-12(15)9(3)10-5-13-6-10/h8,11,13H,5-7H2,1-4H3,(H,14,15). The molecule has 0 saturated carbocycles. The van der Waals surface area contributed by atoms with Crippen molar-refractivity contribution >= 4 is 5.91 Å². The average molecular weight is 226 g/mol. The van der Waals surface area contributed by atoms with Crippen molar-refractivity contribution in [2.45, 2.75) is 26.8 Å². The van der Waals surface area contributed by atoms with E-state index in [1.807, 2.05) is 6.92 Å². The van der Waals surface area contributed by atoms with Gasteiger partial charge in [0.05, 0.1) is 12.6 Å². The molecule has 0 spiro atoms. The summed E-state index contributed by atoms with van der Waals surface area (Å²) < 4.78 is 5.10. The molecule has 2 N–H and O–H groups in total. The SMILES string of the molecule is COCC(NC(=O)C(C)=C1CNC1)C(C)C. The quantitative estimate of drug-likeness (QED) is 0.678. The van der Waals surface area contributed by atoms with Crippen molar-refractivity contribution in [1.29, 1.82) is 0 Å². The lowest BCUT2D eigenvalue weighted by Gasteiger charge is -2.25. The first kappa shape index (κ1) is 13.2. The molecule has 0 aliphatic carbocycles. The fourth-order valence-electron chi connectivity index (χ4n) is 1.53. The van der Waals surface area contributed by atoms with E-state index < -0.39 is 0 Å². The minimum Gasteiger partial charge on any atom is -0.383 e. The first-order valence-corrected chi connectivity index (χ1v) is 5.75. The van der Waals surface area contributed by atoms with Crippen molar-refractivity contribution in [2.75, 3.05) is 26.8 Å². The first-order valence-electron chi connectivity index (χ1n) is 5.75. The van der Waals surface area contributed by atoms with E-state index in [4.69, 9.17) is 4.74 Å². The van der Waals surface area contributed by atoms with Crippen LogP contribution in [0.2, 0.25) is 0 Å². The van der Waals surface area contributed by atoms with Crippen molar-refractivity contribution in [3.63, 3.8) is 0 Å². The van der Waals surface area contributed by atoms with E-state index in [0.29, 0.717) is 12.5 Å². The van der Waals surface area contributed by atoms with Crippen LogP contribution in [0.1, 0.15) is 20.8 Å². The van der Waals surface area contributed by atoms with E-state index in [-0.39, 0.29) is 11.9 Å². The summed E-state index contributed by atoms with van der Waals surface area (Å²) in [4.78, 5) is 11.9. The largest absolute Gasteiger partial charge is 0.383 e. The fraction of sp³-hybridized carbons (Fsp3) is 0.750. The Hall–Kier alpha value is -0.870. The van der Waals surface area contributed by atoms with Gasteiger partial charge in [0.1, 0.15) is 0 Å². The zero-order valence-corrected chi connectivity index (χ0v) is 10.6. The van der Waals surface area contributed by atoms with Gasteiger partial charge in [0.25, 0.3) is 0 Å². The van der Waals surface area contributed by atoms with Crippen molar-refractivity contribution in [3.05, 3.63) is 11.1 Å². The number of ether oxygens (including phenoxy) is 1. The molecule has 1 saturated heterocycles. The van der Waals surface area contributed by atoms with E-state index in [0.717, 1.165) is 18.7 Å². The monoisotopic (exact) mass is 226 g/mol. The van der Waals surface area contributed by atoms with Gasteiger partial charge in [0.2, 0.25) is 5.91 Å². The van der Waals surface area contributed by atoms with Gasteiger partial charge in [-0.25, -0.2) is 0 Å². The third kappa shape index (κ3) is 3.32. The highest BCUT2D eigenvalue weighted by molar-refractivity contribution is 5.94. The predicted octanol–water partition coefficient (Wildman–Crippen LogP) is 0.693. The highest BCUT2D eigenvalue weighted by Crippen LogP contribution is 2.10. The molecule has 16 heavy (non-hydrogen) atoms. The predicted molar refractivity (Wildman–Crippen MR) is 64.2 cm³/mol. The first-order chi connectivity index (χ1) is 7.56. The van der Waals surface area contributed by atoms with E-state index in [9.17, 15) is 4.79 Å². The maximum absolute atomic E-state index is 11.9. The van der Waals surface area contributed by atoms with Crippen LogP contribution in [0.25, 0.3) is 0 Å². The van der Waals surface area contributed by atoms with E-state index in [2.05, 4.69) is 24.5 Å². The molecule has 1 aliphatic rings. The molecule has 0 radical (unpaired) electrons. The highest BCUT2D eigenvalue weighted by atomic mass is 16.5. The van der Waals surface area contributed by atoms with E-state index in [1.165, 1.54) is 5.57 Å². The van der Waals surface area contributed by atoms with Gasteiger partial charge in [-0.2, -0.15) is 0 Å². The van der Waals surface area contributed by atoms with Crippen LogP contribution in [-0.2, 0) is 9.53 Å². The number of hydrogen-bond donors (Lipinski definition) is 2. The molecule has 0 aromatic rings. The maximum atomic E-state index is 11.9. The third-order valence-corrected chi connectivity index (χ3v) is 3.02. The molecule has 1 amide bonds. The van der Waals surface area contributed by atoms with Crippen LogP contribution < -0.4 is 10.6 Å². The van der Waals surface area contributed by atoms with Gasteiger partial charge in [-0.15, -0.1) is 0 Å². The summed E-state index contributed by atoms with van der Waals surface area (Å²) in [7, 11) is 1.66. The Morgan fingerprint density at radius 2 is 2.12 bits per heavy atom. The van der Waals surface area contributed by atoms with Gasteiger partial charge >= 0.3 is 0 Å². The van der Waals surface area contributed by atoms with E-state index >= 15 is 0 Å². The average Bonchev–Trinajstić information content (AvgIpc) is 2.13. The van der Waals surface area contributed by atoms with Crippen LogP contribution in [0.3, 0.4) is 0 Å². The van der Waals surface area contributed by atoms with Crippen molar-refractivity contribution in [2.24, 2.45) is 5.92 Å². The summed E-state index contributed by atoms with van der Waals surface area (Å²) in [5.41, 5.74) is 2.05. The second-order valence-corrected chi connectivity index (χ2v) is 4.61. The Bertz CT molecular complexity index is 279. The lowest BCUT2D eigenvalue weighted by Crippen LogP contribution is -2.44. The van der Waals surface area contributed by atoms with Crippen LogP contribution in [0.5, 0.6) is 0 Å². The molecule has 4 nitrogen and oxygen atoms in total. The van der Waals surface area contributed by atoms with Gasteiger partial charge in [-0.1, -0.05) is 13.8 Å². The number of hydrogen-bond acceptors (Lipinski definition) is 3. The van der Waals surface area contributed by atoms with Crippen LogP contribution in [-0.4, -0.2) is 38.8 Å². The zero-order chi connectivity index (χ0) is 12.1. The van der Waals surface area contributed by atoms with Gasteiger partial charge in [0.15, 0.2) is 0 Å². The maximum Gasteiger partial charge on any atom is 0.247 e. The Morgan fingerprint density at radius 3 is 2.50 bits per heavy atom. The molecule has 1 rings (SSSR count). The molecule has 0 aromatic carbocycles. The molecule has 1 unspecified atom stereocenters. The lowest BCUT2D eigenvalue weighted by molar-refractivity contribution is -0.119. The molecule has 1 fully saturated rings. The number of carbonyl (C=O) groups excluding carboxylic acids is 1. The van der Waals surface area contributed by atoms with Crippen molar-refractivity contribution in [1.82, 2.24) is 10.6 Å². The van der Waals surface area contributed by atoms with Gasteiger partial charge in [-0.3, -0.25) is 4.79 Å². The number of nitrogens with one attached hydrogen (secondary N) is 2. The molecule has 1 heterocycles. The van der Waals surface area contributed by atoms with Crippen LogP contribution >= 0.6 is 0 Å².